The first-order valence-corrected chi connectivity index (χ1v) is 9.67. The van der Waals surface area contributed by atoms with Gasteiger partial charge in [0.15, 0.2) is 5.60 Å². The molecule has 2 aliphatic rings. The number of oxime groups is 1. The summed E-state index contributed by atoms with van der Waals surface area (Å²) in [5, 5.41) is 7.08. The monoisotopic (exact) mass is 398 g/mol. The summed E-state index contributed by atoms with van der Waals surface area (Å²) >= 11 is 0. The van der Waals surface area contributed by atoms with Gasteiger partial charge >= 0.3 is 0 Å². The summed E-state index contributed by atoms with van der Waals surface area (Å²) in [6, 6.07) is 6.66. The van der Waals surface area contributed by atoms with Crippen molar-refractivity contribution in [2.45, 2.75) is 51.7 Å². The van der Waals surface area contributed by atoms with E-state index in [-0.39, 0.29) is 18.4 Å². The second-order valence-corrected chi connectivity index (χ2v) is 7.49. The molecule has 0 saturated carbocycles. The molecule has 29 heavy (non-hydrogen) atoms. The van der Waals surface area contributed by atoms with Gasteiger partial charge < -0.3 is 20.8 Å². The topological polar surface area (TPSA) is 114 Å². The van der Waals surface area contributed by atoms with Crippen molar-refractivity contribution in [3.63, 3.8) is 0 Å². The number of benzene rings is 1. The molecule has 1 aromatic rings. The smallest absolute Gasteiger partial charge is 0.250 e. The van der Waals surface area contributed by atoms with Gasteiger partial charge in [0, 0.05) is 36.1 Å². The second kappa shape index (κ2) is 8.06. The number of carbonyl (C=O) groups is 3. The molecule has 154 valence electrons. The largest absolute Gasteiger partial charge is 0.387 e. The van der Waals surface area contributed by atoms with Crippen molar-refractivity contribution in [3.05, 3.63) is 41.5 Å². The molecule has 3 amide bonds. The SMILES string of the molecule is C/C=C(/C)C(=O)Nc1cccc(C2=NOC3(C2)C[C@@H](C(N)=O)N(C(=O)CC)C3)c1. The lowest BCUT2D eigenvalue weighted by Crippen LogP contribution is -2.43. The highest BCUT2D eigenvalue weighted by Gasteiger charge is 2.52. The first-order chi connectivity index (χ1) is 13.8. The van der Waals surface area contributed by atoms with Gasteiger partial charge in [0.2, 0.25) is 11.8 Å². The van der Waals surface area contributed by atoms with Crippen LogP contribution in [0.15, 0.2) is 41.1 Å². The van der Waals surface area contributed by atoms with E-state index in [9.17, 15) is 14.4 Å². The Bertz CT molecular complexity index is 908. The van der Waals surface area contributed by atoms with Crippen LogP contribution >= 0.6 is 0 Å². The quantitative estimate of drug-likeness (QED) is 0.738. The molecule has 1 saturated heterocycles. The van der Waals surface area contributed by atoms with Crippen molar-refractivity contribution in [2.24, 2.45) is 10.9 Å². The Balaban J connectivity index is 1.76. The zero-order chi connectivity index (χ0) is 21.2. The van der Waals surface area contributed by atoms with Crippen LogP contribution in [0.2, 0.25) is 0 Å². The molecule has 0 radical (unpaired) electrons. The van der Waals surface area contributed by atoms with Crippen LogP contribution in [0.25, 0.3) is 0 Å². The third-order valence-corrected chi connectivity index (χ3v) is 5.44. The van der Waals surface area contributed by atoms with E-state index in [1.165, 1.54) is 4.90 Å². The van der Waals surface area contributed by atoms with Gasteiger partial charge in [0.1, 0.15) is 6.04 Å². The zero-order valence-electron chi connectivity index (χ0n) is 16.9. The number of amides is 3. The van der Waals surface area contributed by atoms with Gasteiger partial charge in [-0.25, -0.2) is 0 Å². The Morgan fingerprint density at radius 2 is 2.17 bits per heavy atom. The lowest BCUT2D eigenvalue weighted by molar-refractivity contribution is -0.137. The third kappa shape index (κ3) is 4.16. The average molecular weight is 398 g/mol. The normalized spacial score (nSPS) is 23.7. The minimum absolute atomic E-state index is 0.133. The number of carbonyl (C=O) groups excluding carboxylic acids is 3. The molecular weight excluding hydrogens is 372 g/mol. The molecule has 0 aromatic heterocycles. The van der Waals surface area contributed by atoms with Gasteiger partial charge in [-0.2, -0.15) is 0 Å². The number of primary amides is 1. The standard InChI is InChI=1S/C21H26N4O4/c1-4-13(3)20(28)23-15-8-6-7-14(9-15)16-10-21(29-24-16)11-17(19(22)27)25(12-21)18(26)5-2/h4,6-9,17H,5,10-12H2,1-3H3,(H2,22,27)(H,23,28)/b13-4-/t17-,21?/m0/s1. The summed E-state index contributed by atoms with van der Waals surface area (Å²) in [6.45, 7) is 5.58. The number of nitrogens with two attached hydrogens (primary N) is 1. The van der Waals surface area contributed by atoms with Crippen molar-refractivity contribution in [1.29, 1.82) is 0 Å². The maximum atomic E-state index is 12.2. The van der Waals surface area contributed by atoms with E-state index in [4.69, 9.17) is 10.6 Å². The lowest BCUT2D eigenvalue weighted by atomic mass is 9.91. The molecule has 2 atom stereocenters. The maximum Gasteiger partial charge on any atom is 0.250 e. The van der Waals surface area contributed by atoms with E-state index in [0.29, 0.717) is 36.2 Å². The fourth-order valence-electron chi connectivity index (χ4n) is 3.67. The van der Waals surface area contributed by atoms with Gasteiger partial charge in [0.25, 0.3) is 5.91 Å². The molecular formula is C21H26N4O4. The number of likely N-dealkylation sites (tertiary alicyclic amines) is 1. The minimum Gasteiger partial charge on any atom is -0.387 e. The molecule has 1 fully saturated rings. The van der Waals surface area contributed by atoms with Crippen LogP contribution in [0.1, 0.15) is 45.6 Å². The number of allylic oxidation sites excluding steroid dienone is 1. The third-order valence-electron chi connectivity index (χ3n) is 5.44. The van der Waals surface area contributed by atoms with E-state index < -0.39 is 17.6 Å². The summed E-state index contributed by atoms with van der Waals surface area (Å²) in [6.07, 6.45) is 2.81. The van der Waals surface area contributed by atoms with E-state index in [1.54, 1.807) is 26.0 Å². The van der Waals surface area contributed by atoms with E-state index in [1.807, 2.05) is 25.1 Å². The maximum absolute atomic E-state index is 12.2. The van der Waals surface area contributed by atoms with Crippen LogP contribution in [0, 0.1) is 0 Å². The van der Waals surface area contributed by atoms with Crippen LogP contribution in [0.3, 0.4) is 0 Å². The zero-order valence-corrected chi connectivity index (χ0v) is 16.9. The molecule has 3 rings (SSSR count). The molecule has 8 heteroatoms. The molecule has 1 spiro atoms. The summed E-state index contributed by atoms with van der Waals surface area (Å²) in [5.41, 5.74) is 7.56. The highest BCUT2D eigenvalue weighted by molar-refractivity contribution is 6.06. The predicted octanol–water partition coefficient (Wildman–Crippen LogP) is 1.95. The number of hydrogen-bond acceptors (Lipinski definition) is 5. The number of nitrogens with zero attached hydrogens (tertiary/aromatic N) is 2. The minimum atomic E-state index is -0.749. The second-order valence-electron chi connectivity index (χ2n) is 7.49. The highest BCUT2D eigenvalue weighted by Crippen LogP contribution is 2.39. The summed E-state index contributed by atoms with van der Waals surface area (Å²) in [7, 11) is 0. The van der Waals surface area contributed by atoms with Gasteiger partial charge in [-0.1, -0.05) is 30.3 Å². The lowest BCUT2D eigenvalue weighted by Gasteiger charge is -2.22. The Morgan fingerprint density at radius 3 is 2.83 bits per heavy atom. The molecule has 0 aliphatic carbocycles. The summed E-state index contributed by atoms with van der Waals surface area (Å²) in [5.74, 6) is -0.837. The fraction of sp³-hybridized carbons (Fsp3) is 0.429. The predicted molar refractivity (Wildman–Crippen MR) is 109 cm³/mol. The van der Waals surface area contributed by atoms with Crippen molar-refractivity contribution < 1.29 is 19.2 Å². The number of anilines is 1. The van der Waals surface area contributed by atoms with Gasteiger partial charge in [-0.3, -0.25) is 14.4 Å². The van der Waals surface area contributed by atoms with Gasteiger partial charge in [0.05, 0.1) is 12.3 Å². The summed E-state index contributed by atoms with van der Waals surface area (Å²) in [4.78, 5) is 43.4. The van der Waals surface area contributed by atoms with Crippen LogP contribution in [-0.4, -0.2) is 46.5 Å². The first kappa shape index (κ1) is 20.6. The average Bonchev–Trinajstić information content (AvgIpc) is 3.31. The Morgan fingerprint density at radius 1 is 1.41 bits per heavy atom. The Labute approximate surface area is 169 Å². The van der Waals surface area contributed by atoms with Crippen LogP contribution < -0.4 is 11.1 Å². The Kier molecular flexibility index (Phi) is 5.72. The molecule has 0 bridgehead atoms. The van der Waals surface area contributed by atoms with Crippen molar-refractivity contribution in [1.82, 2.24) is 4.90 Å². The molecule has 2 heterocycles. The number of rotatable bonds is 5. The van der Waals surface area contributed by atoms with Crippen LogP contribution in [-0.2, 0) is 19.2 Å². The molecule has 1 aromatic carbocycles. The fourth-order valence-corrected chi connectivity index (χ4v) is 3.67. The van der Waals surface area contributed by atoms with E-state index in [2.05, 4.69) is 10.5 Å². The van der Waals surface area contributed by atoms with Crippen LogP contribution in [0.4, 0.5) is 5.69 Å². The van der Waals surface area contributed by atoms with E-state index in [0.717, 1.165) is 5.56 Å². The van der Waals surface area contributed by atoms with Gasteiger partial charge in [-0.15, -0.1) is 0 Å². The molecule has 1 unspecified atom stereocenters. The van der Waals surface area contributed by atoms with Crippen molar-refractivity contribution in [3.8, 4) is 0 Å². The van der Waals surface area contributed by atoms with Crippen molar-refractivity contribution in [2.75, 3.05) is 11.9 Å². The van der Waals surface area contributed by atoms with Gasteiger partial charge in [-0.05, 0) is 26.0 Å². The Hall–Kier alpha value is -3.16. The van der Waals surface area contributed by atoms with Crippen LogP contribution in [0.5, 0.6) is 0 Å². The molecule has 8 nitrogen and oxygen atoms in total. The number of hydrogen-bond donors (Lipinski definition) is 2. The molecule has 3 N–H and O–H groups in total. The van der Waals surface area contributed by atoms with Crippen molar-refractivity contribution >= 4 is 29.1 Å². The number of nitrogens with one attached hydrogen (secondary N) is 1. The molecule has 2 aliphatic heterocycles. The summed E-state index contributed by atoms with van der Waals surface area (Å²) < 4.78 is 0. The first-order valence-electron chi connectivity index (χ1n) is 9.67. The van der Waals surface area contributed by atoms with E-state index >= 15 is 0 Å². The highest BCUT2D eigenvalue weighted by atomic mass is 16.7.